The Hall–Kier alpha value is -2.25. The highest BCUT2D eigenvalue weighted by Gasteiger charge is 2.21. The van der Waals surface area contributed by atoms with Gasteiger partial charge in [-0.1, -0.05) is 12.1 Å². The van der Waals surface area contributed by atoms with Crippen LogP contribution in [-0.4, -0.2) is 16.8 Å². The highest BCUT2D eigenvalue weighted by atomic mass is 32.2. The molecule has 0 heterocycles. The van der Waals surface area contributed by atoms with E-state index in [1.54, 1.807) is 26.0 Å². The lowest BCUT2D eigenvalue weighted by molar-refractivity contribution is 0.557. The predicted molar refractivity (Wildman–Crippen MR) is 87.7 cm³/mol. The molecule has 126 valence electrons. The van der Waals surface area contributed by atoms with E-state index in [1.807, 2.05) is 15.7 Å². The molecule has 0 aliphatic carbocycles. The van der Waals surface area contributed by atoms with Crippen molar-refractivity contribution >= 4 is 20.0 Å². The molecule has 2 N–H and O–H groups in total. The number of nitrogens with zero attached hydrogens (tertiary/aromatic N) is 1. The molecule has 2 rings (SSSR count). The van der Waals surface area contributed by atoms with Gasteiger partial charge in [-0.3, -0.25) is 0 Å². The van der Waals surface area contributed by atoms with Gasteiger partial charge in [0.15, 0.2) is 0 Å². The van der Waals surface area contributed by atoms with Crippen LogP contribution in [0.5, 0.6) is 0 Å². The zero-order valence-corrected chi connectivity index (χ0v) is 14.6. The van der Waals surface area contributed by atoms with Gasteiger partial charge in [0.25, 0.3) is 20.0 Å². The van der Waals surface area contributed by atoms with Crippen molar-refractivity contribution in [3.05, 3.63) is 59.2 Å². The Kier molecular flexibility index (Phi) is 5.05. The molecular formula is C15H15N3O4S2. The molecule has 2 aromatic carbocycles. The lowest BCUT2D eigenvalue weighted by Gasteiger charge is -2.11. The summed E-state index contributed by atoms with van der Waals surface area (Å²) < 4.78 is 48.9. The molecular weight excluding hydrogens is 350 g/mol. The van der Waals surface area contributed by atoms with Crippen molar-refractivity contribution in [1.82, 2.24) is 9.66 Å². The molecule has 7 nitrogen and oxygen atoms in total. The van der Waals surface area contributed by atoms with Gasteiger partial charge >= 0.3 is 0 Å². The fraction of sp³-hybridized carbons (Fsp3) is 0.133. The molecule has 24 heavy (non-hydrogen) atoms. The first-order valence-electron chi connectivity index (χ1n) is 6.77. The first-order chi connectivity index (χ1) is 11.2. The van der Waals surface area contributed by atoms with Gasteiger partial charge in [-0.2, -0.15) is 5.26 Å². The van der Waals surface area contributed by atoms with Crippen LogP contribution in [0, 0.1) is 25.2 Å². The maximum Gasteiger partial charge on any atom is 0.254 e. The van der Waals surface area contributed by atoms with Gasteiger partial charge in [0.1, 0.15) is 0 Å². The fourth-order valence-electron chi connectivity index (χ4n) is 1.93. The van der Waals surface area contributed by atoms with Gasteiger partial charge in [-0.25, -0.2) is 16.8 Å². The minimum atomic E-state index is -4.10. The van der Waals surface area contributed by atoms with Crippen molar-refractivity contribution in [3.63, 3.8) is 0 Å². The Balaban J connectivity index is 2.24. The first-order valence-corrected chi connectivity index (χ1v) is 9.73. The topological polar surface area (TPSA) is 116 Å². The second-order valence-corrected chi connectivity index (χ2v) is 8.45. The SMILES string of the molecule is Cc1ccc(C)c(S(=O)(=O)NNS(=O)(=O)c2ccc(C#N)cc2)c1. The summed E-state index contributed by atoms with van der Waals surface area (Å²) in [5, 5.41) is 8.71. The van der Waals surface area contributed by atoms with Crippen LogP contribution in [0.25, 0.3) is 0 Å². The lowest BCUT2D eigenvalue weighted by atomic mass is 10.2. The zero-order chi connectivity index (χ0) is 18.0. The fourth-order valence-corrected chi connectivity index (χ4v) is 4.36. The molecule has 0 bridgehead atoms. The van der Waals surface area contributed by atoms with Gasteiger partial charge in [0, 0.05) is 0 Å². The molecule has 0 atom stereocenters. The van der Waals surface area contributed by atoms with Crippen LogP contribution in [0.4, 0.5) is 0 Å². The van der Waals surface area contributed by atoms with Gasteiger partial charge < -0.3 is 0 Å². The quantitative estimate of drug-likeness (QED) is 0.776. The van der Waals surface area contributed by atoms with E-state index in [9.17, 15) is 16.8 Å². The highest BCUT2D eigenvalue weighted by Crippen LogP contribution is 2.16. The molecule has 0 aliphatic rings. The van der Waals surface area contributed by atoms with E-state index in [0.29, 0.717) is 11.1 Å². The normalized spacial score (nSPS) is 11.9. The monoisotopic (exact) mass is 365 g/mol. The number of nitriles is 1. The minimum absolute atomic E-state index is 0.00923. The smallest absolute Gasteiger partial charge is 0.206 e. The van der Waals surface area contributed by atoms with Crippen LogP contribution in [0.1, 0.15) is 16.7 Å². The summed E-state index contributed by atoms with van der Waals surface area (Å²) in [6.07, 6.45) is 0. The van der Waals surface area contributed by atoms with Crippen LogP contribution in [0.3, 0.4) is 0 Å². The largest absolute Gasteiger partial charge is 0.254 e. The average Bonchev–Trinajstić information content (AvgIpc) is 2.55. The lowest BCUT2D eigenvalue weighted by Crippen LogP contribution is -2.41. The van der Waals surface area contributed by atoms with E-state index >= 15 is 0 Å². The van der Waals surface area contributed by atoms with Crippen molar-refractivity contribution in [1.29, 1.82) is 5.26 Å². The molecule has 0 aromatic heterocycles. The molecule has 0 aliphatic heterocycles. The highest BCUT2D eigenvalue weighted by molar-refractivity contribution is 7.92. The average molecular weight is 365 g/mol. The van der Waals surface area contributed by atoms with Gasteiger partial charge in [0.05, 0.1) is 21.4 Å². The van der Waals surface area contributed by atoms with Crippen molar-refractivity contribution in [3.8, 4) is 6.07 Å². The minimum Gasteiger partial charge on any atom is -0.206 e. The summed E-state index contributed by atoms with van der Waals surface area (Å²) in [5.41, 5.74) is 1.52. The standard InChI is InChI=1S/C15H15N3O4S2/c1-11-3-4-12(2)15(9-11)24(21,22)18-17-23(19,20)14-7-5-13(10-16)6-8-14/h3-9,17-18H,1-2H3. The Morgan fingerprint density at radius 3 is 2.04 bits per heavy atom. The predicted octanol–water partition coefficient (Wildman–Crippen LogP) is 1.35. The Morgan fingerprint density at radius 2 is 1.46 bits per heavy atom. The molecule has 0 fully saturated rings. The van der Waals surface area contributed by atoms with Crippen molar-refractivity contribution in [2.45, 2.75) is 23.6 Å². The van der Waals surface area contributed by atoms with E-state index in [-0.39, 0.29) is 9.79 Å². The van der Waals surface area contributed by atoms with Gasteiger partial charge in [0.2, 0.25) is 0 Å². The first kappa shape index (κ1) is 18.1. The van der Waals surface area contributed by atoms with E-state index in [1.165, 1.54) is 30.3 Å². The summed E-state index contributed by atoms with van der Waals surface area (Å²) in [6, 6.07) is 11.8. The van der Waals surface area contributed by atoms with Crippen molar-refractivity contribution in [2.75, 3.05) is 0 Å². The van der Waals surface area contributed by atoms with E-state index in [4.69, 9.17) is 5.26 Å². The molecule has 0 saturated carbocycles. The number of aryl methyl sites for hydroxylation is 2. The van der Waals surface area contributed by atoms with E-state index in [2.05, 4.69) is 0 Å². The zero-order valence-electron chi connectivity index (χ0n) is 12.9. The molecule has 9 heteroatoms. The van der Waals surface area contributed by atoms with E-state index < -0.39 is 20.0 Å². The molecule has 0 radical (unpaired) electrons. The Bertz CT molecular complexity index is 1010. The third-order valence-electron chi connectivity index (χ3n) is 3.24. The second-order valence-electron chi connectivity index (χ2n) is 5.12. The summed E-state index contributed by atoms with van der Waals surface area (Å²) in [6.45, 7) is 3.35. The van der Waals surface area contributed by atoms with E-state index in [0.717, 1.165) is 5.56 Å². The summed E-state index contributed by atoms with van der Waals surface area (Å²) in [4.78, 5) is 3.56. The molecule has 0 unspecified atom stereocenters. The van der Waals surface area contributed by atoms with Crippen molar-refractivity contribution < 1.29 is 16.8 Å². The van der Waals surface area contributed by atoms with Crippen LogP contribution >= 0.6 is 0 Å². The molecule has 0 saturated heterocycles. The number of nitrogens with one attached hydrogen (secondary N) is 2. The number of benzene rings is 2. The van der Waals surface area contributed by atoms with Crippen LogP contribution in [0.2, 0.25) is 0 Å². The third-order valence-corrected chi connectivity index (χ3v) is 6.02. The van der Waals surface area contributed by atoms with Crippen LogP contribution in [0.15, 0.2) is 52.3 Å². The molecule has 0 amide bonds. The third kappa shape index (κ3) is 3.98. The van der Waals surface area contributed by atoms with Crippen LogP contribution in [-0.2, 0) is 20.0 Å². The summed E-state index contributed by atoms with van der Waals surface area (Å²) in [7, 11) is -8.16. The Labute approximate surface area is 141 Å². The Morgan fingerprint density at radius 1 is 0.875 bits per heavy atom. The van der Waals surface area contributed by atoms with Gasteiger partial charge in [-0.05, 0) is 55.3 Å². The van der Waals surface area contributed by atoms with Gasteiger partial charge in [-0.15, -0.1) is 9.66 Å². The number of hydrogen-bond donors (Lipinski definition) is 2. The maximum absolute atomic E-state index is 12.3. The van der Waals surface area contributed by atoms with Crippen molar-refractivity contribution in [2.24, 2.45) is 0 Å². The van der Waals surface area contributed by atoms with Crippen LogP contribution < -0.4 is 9.66 Å². The molecule has 0 spiro atoms. The molecule has 2 aromatic rings. The summed E-state index contributed by atoms with van der Waals surface area (Å²) in [5.74, 6) is 0. The number of sulfonamides is 2. The maximum atomic E-state index is 12.3. The number of rotatable bonds is 5. The number of hydrogen-bond acceptors (Lipinski definition) is 5. The summed E-state index contributed by atoms with van der Waals surface area (Å²) >= 11 is 0. The number of hydrazine groups is 1. The second kappa shape index (κ2) is 6.70.